The molecule has 2 aromatic carbocycles. The van der Waals surface area contributed by atoms with E-state index in [4.69, 9.17) is 15.1 Å². The number of ether oxygens (including phenoxy) is 1. The van der Waals surface area contributed by atoms with Crippen molar-refractivity contribution in [1.29, 1.82) is 5.26 Å². The quantitative estimate of drug-likeness (QED) is 0.369. The molecule has 0 saturated carbocycles. The van der Waals surface area contributed by atoms with Crippen LogP contribution < -0.4 is 20.5 Å². The van der Waals surface area contributed by atoms with Crippen molar-refractivity contribution in [3.63, 3.8) is 0 Å². The van der Waals surface area contributed by atoms with Crippen LogP contribution in [0.4, 0.5) is 18.9 Å². The first-order chi connectivity index (χ1) is 25.6. The molecular formula is C37H46F3N5O7S2. The third-order valence-electron chi connectivity index (χ3n) is 11.3. The fourth-order valence-corrected chi connectivity index (χ4v) is 11.0. The molecule has 0 aromatic heterocycles. The van der Waals surface area contributed by atoms with Crippen molar-refractivity contribution in [3.8, 4) is 12.0 Å². The molecule has 294 valence electrons. The maximum atomic E-state index is 12.5. The van der Waals surface area contributed by atoms with Gasteiger partial charge in [0.05, 0.1) is 10.5 Å². The van der Waals surface area contributed by atoms with Crippen molar-refractivity contribution in [2.45, 2.75) is 107 Å². The number of hydrogen-bond acceptors (Lipinski definition) is 9. The minimum atomic E-state index is -4.97. The van der Waals surface area contributed by atoms with Gasteiger partial charge >= 0.3 is 12.1 Å². The molecule has 2 aliphatic heterocycles. The molecule has 2 saturated heterocycles. The fourth-order valence-electron chi connectivity index (χ4n) is 8.67. The molecule has 2 fully saturated rings. The lowest BCUT2D eigenvalue weighted by atomic mass is 9.98. The van der Waals surface area contributed by atoms with Crippen LogP contribution in [-0.2, 0) is 80.8 Å². The average molecular weight is 794 g/mol. The number of nitrogens with two attached hydrogens (primary N) is 1. The third kappa shape index (κ3) is 8.87. The smallest absolute Gasteiger partial charge is 0.387 e. The molecule has 0 spiro atoms. The second kappa shape index (κ2) is 16.2. The zero-order valence-corrected chi connectivity index (χ0v) is 31.7. The number of primary sulfonamides is 1. The maximum absolute atomic E-state index is 12.5. The molecule has 4 aliphatic carbocycles. The van der Waals surface area contributed by atoms with Crippen molar-refractivity contribution in [2.75, 3.05) is 37.2 Å². The Bertz CT molecular complexity index is 2000. The van der Waals surface area contributed by atoms with Crippen LogP contribution in [0.2, 0.25) is 0 Å². The molecule has 2 aromatic rings. The number of carbonyl (C=O) groups is 2. The summed E-state index contributed by atoms with van der Waals surface area (Å²) in [5.41, 5.74) is 11.5. The highest BCUT2D eigenvalue weighted by atomic mass is 32.2. The summed E-state index contributed by atoms with van der Waals surface area (Å²) in [7, 11) is -7.26. The van der Waals surface area contributed by atoms with E-state index in [-0.39, 0.29) is 18.9 Å². The number of aryl methyl sites for hydroxylation is 4. The summed E-state index contributed by atoms with van der Waals surface area (Å²) in [6, 6.07) is 4.65. The van der Waals surface area contributed by atoms with Crippen LogP contribution in [0.5, 0.6) is 5.75 Å². The van der Waals surface area contributed by atoms with E-state index < -0.39 is 54.7 Å². The number of carbonyl (C=O) groups excluding carboxylic acids is 2. The molecule has 4 N–H and O–H groups in total. The monoisotopic (exact) mass is 793 g/mol. The molecule has 12 nitrogen and oxygen atoms in total. The van der Waals surface area contributed by atoms with Crippen LogP contribution in [0.1, 0.15) is 83.0 Å². The Labute approximate surface area is 314 Å². The number of sulfone groups is 1. The van der Waals surface area contributed by atoms with Crippen molar-refractivity contribution < 1.29 is 44.3 Å². The summed E-state index contributed by atoms with van der Waals surface area (Å²) in [6.45, 7) is 0.452. The number of amides is 2. The van der Waals surface area contributed by atoms with Crippen molar-refractivity contribution in [1.82, 2.24) is 10.2 Å². The zero-order chi connectivity index (χ0) is 38.8. The topological polar surface area (TPSA) is 189 Å². The predicted octanol–water partition coefficient (Wildman–Crippen LogP) is 3.34. The number of halogens is 3. The third-order valence-corrected chi connectivity index (χ3v) is 14.7. The lowest BCUT2D eigenvalue weighted by molar-refractivity contribution is -0.184. The van der Waals surface area contributed by atoms with E-state index >= 15 is 0 Å². The first kappa shape index (κ1) is 40.0. The number of fused-ring (bicyclic) bond motifs is 4. The SMILES string of the molecule is N#COc1c2c(cc3c1CCC3)CCC2.NS(=O)(=O)C1CCN(C(=O)C(F)(F)F)C1.O=C(CS(=O)(=O)C1CCNC1)Nc1c2c(cc3c1CCC3)CCC2. The van der Waals surface area contributed by atoms with E-state index in [9.17, 15) is 39.6 Å². The number of benzene rings is 2. The van der Waals surface area contributed by atoms with E-state index in [1.165, 1.54) is 57.3 Å². The van der Waals surface area contributed by atoms with Crippen LogP contribution in [0, 0.1) is 11.5 Å². The minimum absolute atomic E-state index is 0.0549. The minimum Gasteiger partial charge on any atom is -0.387 e. The molecule has 2 heterocycles. The molecule has 17 heteroatoms. The number of nitrogens with zero attached hydrogens (tertiary/aromatic N) is 2. The van der Waals surface area contributed by atoms with Crippen molar-refractivity contribution in [3.05, 3.63) is 56.6 Å². The van der Waals surface area contributed by atoms with Gasteiger partial charge in [-0.05, 0) is 141 Å². The van der Waals surface area contributed by atoms with E-state index in [2.05, 4.69) is 22.8 Å². The second-order valence-corrected chi connectivity index (χ2v) is 19.0. The van der Waals surface area contributed by atoms with E-state index in [1.807, 2.05) is 6.26 Å². The highest BCUT2D eigenvalue weighted by molar-refractivity contribution is 7.92. The number of nitrogens with one attached hydrogen (secondary N) is 2. The number of alkyl halides is 3. The highest BCUT2D eigenvalue weighted by Gasteiger charge is 2.46. The first-order valence-corrected chi connectivity index (χ1v) is 21.9. The van der Waals surface area contributed by atoms with Gasteiger partial charge in [-0.25, -0.2) is 22.0 Å². The maximum Gasteiger partial charge on any atom is 0.471 e. The zero-order valence-electron chi connectivity index (χ0n) is 30.0. The molecule has 0 bridgehead atoms. The highest BCUT2D eigenvalue weighted by Crippen LogP contribution is 2.40. The van der Waals surface area contributed by atoms with Gasteiger partial charge in [0.1, 0.15) is 11.5 Å². The van der Waals surface area contributed by atoms with Crippen molar-refractivity contribution in [2.24, 2.45) is 5.14 Å². The Balaban J connectivity index is 0.000000145. The number of hydrogen-bond donors (Lipinski definition) is 3. The van der Waals surface area contributed by atoms with Gasteiger partial charge in [-0.3, -0.25) is 9.59 Å². The average Bonchev–Trinajstić information content (AvgIpc) is 3.95. The van der Waals surface area contributed by atoms with Gasteiger partial charge in [0.15, 0.2) is 9.84 Å². The van der Waals surface area contributed by atoms with E-state index in [0.717, 1.165) is 75.6 Å². The molecule has 54 heavy (non-hydrogen) atoms. The number of nitriles is 1. The molecular weight excluding hydrogens is 748 g/mol. The number of rotatable bonds is 6. The second-order valence-electron chi connectivity index (χ2n) is 14.8. The van der Waals surface area contributed by atoms with Gasteiger partial charge in [-0.15, -0.1) is 5.26 Å². The summed E-state index contributed by atoms with van der Waals surface area (Å²) in [4.78, 5) is 23.6. The van der Waals surface area contributed by atoms with Crippen LogP contribution in [-0.4, -0.2) is 82.2 Å². The summed E-state index contributed by atoms with van der Waals surface area (Å²) in [5.74, 6) is -1.90. The summed E-state index contributed by atoms with van der Waals surface area (Å²) < 4.78 is 87.5. The summed E-state index contributed by atoms with van der Waals surface area (Å²) >= 11 is 0. The van der Waals surface area contributed by atoms with Gasteiger partial charge in [-0.2, -0.15) is 13.2 Å². The van der Waals surface area contributed by atoms with Crippen LogP contribution in [0.15, 0.2) is 12.1 Å². The number of sulfonamides is 1. The Morgan fingerprint density at radius 2 is 1.37 bits per heavy atom. The lowest BCUT2D eigenvalue weighted by Crippen LogP contribution is -2.41. The largest absolute Gasteiger partial charge is 0.471 e. The first-order valence-electron chi connectivity index (χ1n) is 18.6. The normalized spacial score (nSPS) is 21.1. The molecule has 8 rings (SSSR count). The fraction of sp³-hybridized carbons (Fsp3) is 0.595. The Morgan fingerprint density at radius 3 is 1.81 bits per heavy atom. The Kier molecular flexibility index (Phi) is 12.0. The molecule has 0 radical (unpaired) electrons. The van der Waals surface area contributed by atoms with Gasteiger partial charge in [-0.1, -0.05) is 12.1 Å². The lowest BCUT2D eigenvalue weighted by Gasteiger charge is -2.17. The molecule has 2 amide bonds. The van der Waals surface area contributed by atoms with Crippen molar-refractivity contribution >= 4 is 37.4 Å². The molecule has 2 atom stereocenters. The number of anilines is 1. The summed E-state index contributed by atoms with van der Waals surface area (Å²) in [5, 5.41) is 18.0. The van der Waals surface area contributed by atoms with Gasteiger partial charge in [0.2, 0.25) is 15.9 Å². The van der Waals surface area contributed by atoms with Crippen LogP contribution >= 0.6 is 0 Å². The molecule has 6 aliphatic rings. The van der Waals surface area contributed by atoms with Gasteiger partial charge < -0.3 is 20.3 Å². The van der Waals surface area contributed by atoms with E-state index in [0.29, 0.717) is 24.4 Å². The Morgan fingerprint density at radius 1 is 0.852 bits per heavy atom. The van der Waals surface area contributed by atoms with Crippen LogP contribution in [0.3, 0.4) is 0 Å². The van der Waals surface area contributed by atoms with Crippen LogP contribution in [0.25, 0.3) is 0 Å². The summed E-state index contributed by atoms with van der Waals surface area (Å²) in [6.07, 6.45) is 10.7. The van der Waals surface area contributed by atoms with Gasteiger partial charge in [0.25, 0.3) is 6.26 Å². The standard InChI is InChI=1S/C18H24N2O3S.C13H13NO.C6H9F3N2O3S/c21-17(11-24(22,23)14-7-8-19-10-14)20-18-15-5-1-3-12(15)9-13-4-2-6-16(13)18;14-8-15-13-11-5-1-3-9(11)7-10-4-2-6-12(10)13;7-6(8,9)5(12)11-2-1-4(3-11)15(10,13)14/h9,14,19H,1-8,10-11H2,(H,20,21);7H,1-6H2;4H,1-3H2,(H2,10,13,14). The predicted molar refractivity (Wildman–Crippen MR) is 195 cm³/mol. The van der Waals surface area contributed by atoms with E-state index in [1.54, 1.807) is 0 Å². The Hall–Kier alpha value is -3.72. The van der Waals surface area contributed by atoms with Gasteiger partial charge in [0, 0.05) is 25.3 Å². The number of likely N-dealkylation sites (tertiary alicyclic amines) is 1. The molecule has 2 unspecified atom stereocenters.